The molecule has 0 aliphatic carbocycles. The van der Waals surface area contributed by atoms with Crippen molar-refractivity contribution in [3.8, 4) is 0 Å². The maximum absolute atomic E-state index is 11.7. The lowest BCUT2D eigenvalue weighted by molar-refractivity contribution is 0.101. The molecule has 100 valence electrons. The highest BCUT2D eigenvalue weighted by molar-refractivity contribution is 7.90. The number of rotatable bonds is 3. The Morgan fingerprint density at radius 1 is 1.26 bits per heavy atom. The lowest BCUT2D eigenvalue weighted by Gasteiger charge is -2.03. The first-order valence-electron chi connectivity index (χ1n) is 5.37. The first kappa shape index (κ1) is 13.2. The summed E-state index contributed by atoms with van der Waals surface area (Å²) in [7, 11) is -3.24. The molecule has 0 aliphatic heterocycles. The van der Waals surface area contributed by atoms with Gasteiger partial charge in [-0.15, -0.1) is 5.10 Å². The van der Waals surface area contributed by atoms with Gasteiger partial charge in [0.1, 0.15) is 5.82 Å². The first-order valence-corrected chi connectivity index (χ1v) is 7.26. The van der Waals surface area contributed by atoms with Gasteiger partial charge < -0.3 is 5.32 Å². The minimum atomic E-state index is -3.24. The van der Waals surface area contributed by atoms with Crippen LogP contribution in [0.25, 0.3) is 0 Å². The molecule has 1 heterocycles. The second kappa shape index (κ2) is 4.81. The normalized spacial score (nSPS) is 11.3. The van der Waals surface area contributed by atoms with Gasteiger partial charge in [-0.3, -0.25) is 9.89 Å². The minimum Gasteiger partial charge on any atom is -0.319 e. The summed E-state index contributed by atoms with van der Waals surface area (Å²) < 4.78 is 22.6. The summed E-state index contributed by atoms with van der Waals surface area (Å²) in [5.74, 6) is 0.110. The summed E-state index contributed by atoms with van der Waals surface area (Å²) in [4.78, 5) is 15.8. The van der Waals surface area contributed by atoms with Crippen LogP contribution in [-0.4, -0.2) is 35.8 Å². The number of hydrogen-bond donors (Lipinski definition) is 2. The van der Waals surface area contributed by atoms with E-state index < -0.39 is 15.7 Å². The van der Waals surface area contributed by atoms with Crippen molar-refractivity contribution >= 4 is 21.4 Å². The molecule has 2 aromatic rings. The van der Waals surface area contributed by atoms with E-state index >= 15 is 0 Å². The van der Waals surface area contributed by atoms with Gasteiger partial charge in [-0.1, -0.05) is 0 Å². The average Bonchev–Trinajstić information content (AvgIpc) is 2.75. The molecular weight excluding hydrogens is 268 g/mol. The number of nitrogens with zero attached hydrogens (tertiary/aromatic N) is 2. The predicted molar refractivity (Wildman–Crippen MR) is 68.6 cm³/mol. The zero-order chi connectivity index (χ0) is 14.0. The Labute approximate surface area is 110 Å². The van der Waals surface area contributed by atoms with Crippen molar-refractivity contribution in [1.29, 1.82) is 0 Å². The monoisotopic (exact) mass is 280 g/mol. The third kappa shape index (κ3) is 3.16. The topological polar surface area (TPSA) is 105 Å². The Kier molecular flexibility index (Phi) is 3.34. The summed E-state index contributed by atoms with van der Waals surface area (Å²) in [6.45, 7) is 1.69. The van der Waals surface area contributed by atoms with Crippen LogP contribution in [0.1, 0.15) is 16.4 Å². The quantitative estimate of drug-likeness (QED) is 0.864. The highest BCUT2D eigenvalue weighted by Crippen LogP contribution is 2.14. The molecule has 0 unspecified atom stereocenters. The van der Waals surface area contributed by atoms with Crippen LogP contribution in [0.3, 0.4) is 0 Å². The fourth-order valence-corrected chi connectivity index (χ4v) is 2.05. The SMILES string of the molecule is Cc1nc(C(=O)Nc2ccc(S(C)(=O)=O)cc2)n[nH]1. The summed E-state index contributed by atoms with van der Waals surface area (Å²) in [6, 6.07) is 5.87. The van der Waals surface area contributed by atoms with Gasteiger partial charge in [0.05, 0.1) is 4.90 Å². The third-order valence-corrected chi connectivity index (χ3v) is 3.47. The Bertz CT molecular complexity index is 704. The van der Waals surface area contributed by atoms with Crippen LogP contribution in [0.15, 0.2) is 29.2 Å². The molecule has 0 saturated carbocycles. The van der Waals surface area contributed by atoms with Crippen LogP contribution in [-0.2, 0) is 9.84 Å². The number of sulfone groups is 1. The molecule has 7 nitrogen and oxygen atoms in total. The van der Waals surface area contributed by atoms with E-state index in [0.717, 1.165) is 6.26 Å². The van der Waals surface area contributed by atoms with Crippen LogP contribution < -0.4 is 5.32 Å². The molecule has 0 fully saturated rings. The molecule has 0 spiro atoms. The van der Waals surface area contributed by atoms with E-state index in [1.807, 2.05) is 0 Å². The molecule has 0 radical (unpaired) electrons. The van der Waals surface area contributed by atoms with E-state index in [2.05, 4.69) is 20.5 Å². The van der Waals surface area contributed by atoms with E-state index in [0.29, 0.717) is 11.5 Å². The van der Waals surface area contributed by atoms with Gasteiger partial charge >= 0.3 is 0 Å². The smallest absolute Gasteiger partial charge is 0.295 e. The molecule has 1 amide bonds. The van der Waals surface area contributed by atoms with Crippen LogP contribution in [0, 0.1) is 6.92 Å². The zero-order valence-corrected chi connectivity index (χ0v) is 11.2. The van der Waals surface area contributed by atoms with Crippen LogP contribution >= 0.6 is 0 Å². The van der Waals surface area contributed by atoms with Crippen LogP contribution in [0.4, 0.5) is 5.69 Å². The molecule has 2 rings (SSSR count). The van der Waals surface area contributed by atoms with Crippen molar-refractivity contribution < 1.29 is 13.2 Å². The molecule has 1 aromatic heterocycles. The van der Waals surface area contributed by atoms with Gasteiger partial charge in [0.2, 0.25) is 5.82 Å². The number of anilines is 1. The molecule has 2 N–H and O–H groups in total. The summed E-state index contributed by atoms with van der Waals surface area (Å²) in [5, 5.41) is 8.86. The van der Waals surface area contributed by atoms with E-state index in [1.54, 1.807) is 6.92 Å². The molecule has 1 aromatic carbocycles. The van der Waals surface area contributed by atoms with Gasteiger partial charge in [-0.05, 0) is 31.2 Å². The van der Waals surface area contributed by atoms with Crippen molar-refractivity contribution in [2.24, 2.45) is 0 Å². The summed E-state index contributed by atoms with van der Waals surface area (Å²) in [6.07, 6.45) is 1.12. The van der Waals surface area contributed by atoms with Crippen molar-refractivity contribution in [1.82, 2.24) is 15.2 Å². The minimum absolute atomic E-state index is 0.0321. The number of aryl methyl sites for hydroxylation is 1. The Balaban J connectivity index is 2.14. The third-order valence-electron chi connectivity index (χ3n) is 2.34. The van der Waals surface area contributed by atoms with Crippen molar-refractivity contribution in [2.45, 2.75) is 11.8 Å². The molecule has 19 heavy (non-hydrogen) atoms. The second-order valence-corrected chi connectivity index (χ2v) is 6.01. The van der Waals surface area contributed by atoms with Gasteiger partial charge in [0, 0.05) is 11.9 Å². The number of H-pyrrole nitrogens is 1. The average molecular weight is 280 g/mol. The van der Waals surface area contributed by atoms with Gasteiger partial charge in [-0.2, -0.15) is 0 Å². The number of hydrogen-bond acceptors (Lipinski definition) is 5. The number of aromatic nitrogens is 3. The van der Waals surface area contributed by atoms with E-state index in [-0.39, 0.29) is 10.7 Å². The summed E-state index contributed by atoms with van der Waals surface area (Å²) >= 11 is 0. The first-order chi connectivity index (χ1) is 8.86. The number of aromatic amines is 1. The molecule has 0 saturated heterocycles. The van der Waals surface area contributed by atoms with E-state index in [9.17, 15) is 13.2 Å². The van der Waals surface area contributed by atoms with E-state index in [1.165, 1.54) is 24.3 Å². The second-order valence-electron chi connectivity index (χ2n) is 4.00. The highest BCUT2D eigenvalue weighted by Gasteiger charge is 2.12. The maximum Gasteiger partial charge on any atom is 0.295 e. The molecular formula is C11H12N4O3S. The number of nitrogens with one attached hydrogen (secondary N) is 2. The number of carbonyl (C=O) groups is 1. The van der Waals surface area contributed by atoms with Crippen molar-refractivity contribution in [3.63, 3.8) is 0 Å². The molecule has 0 bridgehead atoms. The standard InChI is InChI=1S/C11H12N4O3S/c1-7-12-10(15-14-7)11(16)13-8-3-5-9(6-4-8)19(2,17)18/h3-6H,1-2H3,(H,13,16)(H,12,14,15). The van der Waals surface area contributed by atoms with Gasteiger partial charge in [-0.25, -0.2) is 13.4 Å². The highest BCUT2D eigenvalue weighted by atomic mass is 32.2. The van der Waals surface area contributed by atoms with Gasteiger partial charge in [0.15, 0.2) is 9.84 Å². The number of amides is 1. The molecule has 8 heteroatoms. The number of carbonyl (C=O) groups excluding carboxylic acids is 1. The van der Waals surface area contributed by atoms with Gasteiger partial charge in [0.25, 0.3) is 5.91 Å². The Hall–Kier alpha value is -2.22. The van der Waals surface area contributed by atoms with Crippen molar-refractivity contribution in [3.05, 3.63) is 35.9 Å². The number of benzene rings is 1. The largest absolute Gasteiger partial charge is 0.319 e. The molecule has 0 aliphatic rings. The maximum atomic E-state index is 11.7. The fraction of sp³-hybridized carbons (Fsp3) is 0.182. The predicted octanol–water partition coefficient (Wildman–Crippen LogP) is 0.769. The fourth-order valence-electron chi connectivity index (χ4n) is 1.42. The summed E-state index contributed by atoms with van der Waals surface area (Å²) in [5.41, 5.74) is 0.472. The van der Waals surface area contributed by atoms with E-state index in [4.69, 9.17) is 0 Å². The van der Waals surface area contributed by atoms with Crippen molar-refractivity contribution in [2.75, 3.05) is 11.6 Å². The Morgan fingerprint density at radius 2 is 1.89 bits per heavy atom. The lowest BCUT2D eigenvalue weighted by Crippen LogP contribution is -2.13. The lowest BCUT2D eigenvalue weighted by atomic mass is 10.3. The van der Waals surface area contributed by atoms with Crippen LogP contribution in [0.5, 0.6) is 0 Å². The van der Waals surface area contributed by atoms with Crippen LogP contribution in [0.2, 0.25) is 0 Å². The Morgan fingerprint density at radius 3 is 2.37 bits per heavy atom. The molecule has 0 atom stereocenters. The zero-order valence-electron chi connectivity index (χ0n) is 10.3.